The van der Waals surface area contributed by atoms with Gasteiger partial charge >= 0.3 is 0 Å². The molecule has 176 valence electrons. The molecule has 34 heavy (non-hydrogen) atoms. The highest BCUT2D eigenvalue weighted by atomic mass is 16.5. The average Bonchev–Trinajstić information content (AvgIpc) is 2.88. The molecule has 4 aromatic rings. The van der Waals surface area contributed by atoms with Gasteiger partial charge in [-0.1, -0.05) is 18.2 Å². The Morgan fingerprint density at radius 3 is 2.50 bits per heavy atom. The quantitative estimate of drug-likeness (QED) is 0.314. The van der Waals surface area contributed by atoms with Crippen molar-refractivity contribution in [2.45, 2.75) is 13.0 Å². The predicted molar refractivity (Wildman–Crippen MR) is 139 cm³/mol. The summed E-state index contributed by atoms with van der Waals surface area (Å²) in [6.45, 7) is 4.36. The number of benzene rings is 2. The molecule has 0 aliphatic rings. The molecule has 0 N–H and O–H groups in total. The van der Waals surface area contributed by atoms with Gasteiger partial charge in [0.2, 0.25) is 0 Å². The van der Waals surface area contributed by atoms with Crippen LogP contribution in [0.4, 0.5) is 5.69 Å². The number of likely N-dealkylation sites (N-methyl/N-ethyl adjacent to an activating group) is 1. The van der Waals surface area contributed by atoms with E-state index in [9.17, 15) is 4.79 Å². The second kappa shape index (κ2) is 11.5. The molecule has 0 aliphatic carbocycles. The standard InChI is InChI=1S/C28H32N4O2/c1-30(25-7-4-3-5-8-25)18-19-32(22-23-13-15-29-16-14-23)17-6-20-34-26-10-11-27-24(21-26)9-12-28(33)31(27)2/h3-5,7-16,21H,6,17-20,22H2,1-2H3. The summed E-state index contributed by atoms with van der Waals surface area (Å²) in [6.07, 6.45) is 4.62. The molecule has 2 aromatic heterocycles. The van der Waals surface area contributed by atoms with Crippen LogP contribution in [0.15, 0.2) is 90.0 Å². The molecule has 4 rings (SSSR count). The van der Waals surface area contributed by atoms with Crippen molar-refractivity contribution in [3.63, 3.8) is 0 Å². The van der Waals surface area contributed by atoms with E-state index in [2.05, 4.69) is 58.2 Å². The smallest absolute Gasteiger partial charge is 0.250 e. The Hall–Kier alpha value is -3.64. The van der Waals surface area contributed by atoms with Crippen molar-refractivity contribution in [1.29, 1.82) is 0 Å². The molecule has 0 unspecified atom stereocenters. The second-order valence-corrected chi connectivity index (χ2v) is 8.54. The minimum Gasteiger partial charge on any atom is -0.494 e. The Bertz CT molecular complexity index is 1240. The molecule has 0 radical (unpaired) electrons. The molecule has 0 fully saturated rings. The van der Waals surface area contributed by atoms with Gasteiger partial charge in [-0.25, -0.2) is 0 Å². The van der Waals surface area contributed by atoms with E-state index in [1.165, 1.54) is 11.3 Å². The lowest BCUT2D eigenvalue weighted by Crippen LogP contribution is -2.34. The van der Waals surface area contributed by atoms with E-state index < -0.39 is 0 Å². The fraction of sp³-hybridized carbons (Fsp3) is 0.286. The van der Waals surface area contributed by atoms with E-state index in [1.54, 1.807) is 17.7 Å². The van der Waals surface area contributed by atoms with Crippen molar-refractivity contribution in [2.24, 2.45) is 7.05 Å². The summed E-state index contributed by atoms with van der Waals surface area (Å²) in [5.74, 6) is 0.829. The maximum absolute atomic E-state index is 11.8. The molecule has 6 heteroatoms. The number of pyridine rings is 2. The zero-order valence-electron chi connectivity index (χ0n) is 19.9. The first-order valence-corrected chi connectivity index (χ1v) is 11.7. The molecule has 0 saturated carbocycles. The molecule has 0 bridgehead atoms. The summed E-state index contributed by atoms with van der Waals surface area (Å²) < 4.78 is 7.70. The lowest BCUT2D eigenvalue weighted by atomic mass is 10.2. The van der Waals surface area contributed by atoms with E-state index in [0.717, 1.165) is 49.3 Å². The van der Waals surface area contributed by atoms with Crippen molar-refractivity contribution in [3.8, 4) is 5.75 Å². The minimum atomic E-state index is -0.00614. The summed E-state index contributed by atoms with van der Waals surface area (Å²) in [5, 5.41) is 1.00. The van der Waals surface area contributed by atoms with Gasteiger partial charge in [-0.15, -0.1) is 0 Å². The topological polar surface area (TPSA) is 50.6 Å². The van der Waals surface area contributed by atoms with Gasteiger partial charge in [0.25, 0.3) is 5.56 Å². The van der Waals surface area contributed by atoms with E-state index in [0.29, 0.717) is 6.61 Å². The number of anilines is 1. The number of rotatable bonds is 11. The highest BCUT2D eigenvalue weighted by Crippen LogP contribution is 2.19. The Balaban J connectivity index is 1.33. The van der Waals surface area contributed by atoms with Gasteiger partial charge in [-0.3, -0.25) is 14.7 Å². The molecule has 0 saturated heterocycles. The van der Waals surface area contributed by atoms with E-state index in [1.807, 2.05) is 42.7 Å². The van der Waals surface area contributed by atoms with Gasteiger partial charge in [0.05, 0.1) is 12.1 Å². The number of para-hydroxylation sites is 1. The highest BCUT2D eigenvalue weighted by molar-refractivity contribution is 5.80. The fourth-order valence-corrected chi connectivity index (χ4v) is 4.05. The molecule has 2 aromatic carbocycles. The zero-order valence-corrected chi connectivity index (χ0v) is 19.9. The van der Waals surface area contributed by atoms with Crippen LogP contribution in [0.5, 0.6) is 5.75 Å². The SMILES string of the molecule is CN(CCN(CCCOc1ccc2c(ccc(=O)n2C)c1)Cc1ccncc1)c1ccccc1. The molecular formula is C28H32N4O2. The Morgan fingerprint density at radius 1 is 0.912 bits per heavy atom. The van der Waals surface area contributed by atoms with Crippen LogP contribution in [0, 0.1) is 0 Å². The van der Waals surface area contributed by atoms with Crippen LogP contribution >= 0.6 is 0 Å². The molecule has 0 atom stereocenters. The zero-order chi connectivity index (χ0) is 23.8. The van der Waals surface area contributed by atoms with Crippen molar-refractivity contribution >= 4 is 16.6 Å². The Labute approximate surface area is 201 Å². The fourth-order valence-electron chi connectivity index (χ4n) is 4.05. The number of fused-ring (bicyclic) bond motifs is 1. The van der Waals surface area contributed by atoms with Gasteiger partial charge in [0.1, 0.15) is 5.75 Å². The number of nitrogens with zero attached hydrogens (tertiary/aromatic N) is 4. The van der Waals surface area contributed by atoms with Crippen LogP contribution in [0.3, 0.4) is 0 Å². The maximum Gasteiger partial charge on any atom is 0.250 e. The normalized spacial score (nSPS) is 11.1. The van der Waals surface area contributed by atoms with Gasteiger partial charge in [0.15, 0.2) is 0 Å². The molecule has 0 spiro atoms. The van der Waals surface area contributed by atoms with Gasteiger partial charge in [-0.2, -0.15) is 0 Å². The summed E-state index contributed by atoms with van der Waals surface area (Å²) in [6, 6.07) is 24.0. The predicted octanol–water partition coefficient (Wildman–Crippen LogP) is 4.34. The molecule has 0 amide bonds. The van der Waals surface area contributed by atoms with Crippen LogP contribution in [0.2, 0.25) is 0 Å². The largest absolute Gasteiger partial charge is 0.494 e. The van der Waals surface area contributed by atoms with Crippen molar-refractivity contribution < 1.29 is 4.74 Å². The molecule has 0 aliphatic heterocycles. The summed E-state index contributed by atoms with van der Waals surface area (Å²) in [7, 11) is 3.93. The third kappa shape index (κ3) is 6.23. The van der Waals surface area contributed by atoms with E-state index >= 15 is 0 Å². The lowest BCUT2D eigenvalue weighted by Gasteiger charge is -2.26. The van der Waals surface area contributed by atoms with Crippen LogP contribution in [0.25, 0.3) is 10.9 Å². The number of ether oxygens (including phenoxy) is 1. The number of hydrogen-bond donors (Lipinski definition) is 0. The van der Waals surface area contributed by atoms with Crippen molar-refractivity contribution in [3.05, 3.63) is 101 Å². The highest BCUT2D eigenvalue weighted by Gasteiger charge is 2.09. The van der Waals surface area contributed by atoms with Gasteiger partial charge in [-0.05, 0) is 60.5 Å². The van der Waals surface area contributed by atoms with Crippen LogP contribution < -0.4 is 15.2 Å². The Kier molecular flexibility index (Phi) is 7.94. The third-order valence-electron chi connectivity index (χ3n) is 6.09. The summed E-state index contributed by atoms with van der Waals surface area (Å²) in [4.78, 5) is 20.7. The van der Waals surface area contributed by atoms with Gasteiger partial charge < -0.3 is 14.2 Å². The Morgan fingerprint density at radius 2 is 1.71 bits per heavy atom. The van der Waals surface area contributed by atoms with Crippen LogP contribution in [0.1, 0.15) is 12.0 Å². The van der Waals surface area contributed by atoms with Crippen LogP contribution in [-0.4, -0.2) is 47.7 Å². The van der Waals surface area contributed by atoms with Crippen molar-refractivity contribution in [1.82, 2.24) is 14.5 Å². The monoisotopic (exact) mass is 456 g/mol. The van der Waals surface area contributed by atoms with Gasteiger partial charge in [0, 0.05) is 69.8 Å². The minimum absolute atomic E-state index is 0.00614. The number of aryl methyl sites for hydroxylation is 1. The average molecular weight is 457 g/mol. The molecule has 2 heterocycles. The number of aromatic nitrogens is 2. The van der Waals surface area contributed by atoms with Crippen molar-refractivity contribution in [2.75, 3.05) is 38.2 Å². The molecular weight excluding hydrogens is 424 g/mol. The van der Waals surface area contributed by atoms with E-state index in [-0.39, 0.29) is 5.56 Å². The summed E-state index contributed by atoms with van der Waals surface area (Å²) >= 11 is 0. The second-order valence-electron chi connectivity index (χ2n) is 8.54. The third-order valence-corrected chi connectivity index (χ3v) is 6.09. The first kappa shape index (κ1) is 23.5. The first-order chi connectivity index (χ1) is 16.6. The first-order valence-electron chi connectivity index (χ1n) is 11.7. The lowest BCUT2D eigenvalue weighted by molar-refractivity contribution is 0.232. The number of hydrogen-bond acceptors (Lipinski definition) is 5. The maximum atomic E-state index is 11.8. The van der Waals surface area contributed by atoms with E-state index in [4.69, 9.17) is 4.74 Å². The molecule has 6 nitrogen and oxygen atoms in total. The van der Waals surface area contributed by atoms with Crippen LogP contribution in [-0.2, 0) is 13.6 Å². The summed E-state index contributed by atoms with van der Waals surface area (Å²) in [5.41, 5.74) is 3.39.